The average Bonchev–Trinajstić information content (AvgIpc) is 2.29. The van der Waals surface area contributed by atoms with Crippen molar-refractivity contribution in [2.45, 2.75) is 19.8 Å². The maximum absolute atomic E-state index is 11.0. The van der Waals surface area contributed by atoms with Crippen molar-refractivity contribution in [3.63, 3.8) is 0 Å². The third kappa shape index (κ3) is 2.41. The molecule has 4 nitrogen and oxygen atoms in total. The first-order chi connectivity index (χ1) is 9.46. The molecule has 1 saturated carbocycles. The number of likely N-dealkylation sites (tertiary alicyclic amines) is 1. The molecule has 1 spiro atoms. The zero-order chi connectivity index (χ0) is 14.3. The maximum Gasteiger partial charge on any atom is 0.354 e. The molecule has 0 radical (unpaired) electrons. The van der Waals surface area contributed by atoms with Gasteiger partial charge in [-0.15, -0.1) is 0 Å². The van der Waals surface area contributed by atoms with E-state index in [1.165, 1.54) is 25.9 Å². The number of hydrogen-bond donors (Lipinski definition) is 1. The predicted molar refractivity (Wildman–Crippen MR) is 75.5 cm³/mol. The second kappa shape index (κ2) is 4.60. The Hall–Kier alpha value is -1.86. The Morgan fingerprint density at radius 1 is 1.45 bits per heavy atom. The van der Waals surface area contributed by atoms with Gasteiger partial charge >= 0.3 is 5.97 Å². The van der Waals surface area contributed by atoms with Crippen molar-refractivity contribution in [3.05, 3.63) is 29.1 Å². The molecule has 1 aliphatic heterocycles. The van der Waals surface area contributed by atoms with Crippen LogP contribution in [0.15, 0.2) is 12.1 Å². The van der Waals surface area contributed by atoms with Crippen LogP contribution in [0.25, 0.3) is 0 Å². The average molecular weight is 270 g/mol. The molecule has 2 heterocycles. The number of carboxylic acids is 1. The molecule has 0 atom stereocenters. The van der Waals surface area contributed by atoms with Crippen molar-refractivity contribution in [1.82, 2.24) is 9.88 Å². The van der Waals surface area contributed by atoms with Crippen molar-refractivity contribution in [3.8, 4) is 11.8 Å². The fourth-order valence-electron chi connectivity index (χ4n) is 3.48. The summed E-state index contributed by atoms with van der Waals surface area (Å²) in [5, 5.41) is 8.99. The number of carbonyl (C=O) groups is 1. The third-order valence-corrected chi connectivity index (χ3v) is 4.16. The van der Waals surface area contributed by atoms with Crippen LogP contribution in [-0.4, -0.2) is 41.1 Å². The van der Waals surface area contributed by atoms with E-state index in [2.05, 4.69) is 28.8 Å². The van der Waals surface area contributed by atoms with E-state index in [4.69, 9.17) is 5.11 Å². The number of hydrogen-bond acceptors (Lipinski definition) is 3. The SMILES string of the molecule is Cc1cc(C#CC2CC3(C2)CN(C)C3)cc(C(=O)O)n1. The number of rotatable bonds is 1. The molecule has 104 valence electrons. The summed E-state index contributed by atoms with van der Waals surface area (Å²) < 4.78 is 0. The Bertz CT molecular complexity index is 613. The standard InChI is InChI=1S/C16H18N2O2/c1-11-5-12(6-14(17-11)15(19)20)3-4-13-7-16(8-13)9-18(2)10-16/h5-6,13H,7-10H2,1-2H3,(H,19,20). The smallest absolute Gasteiger partial charge is 0.354 e. The lowest BCUT2D eigenvalue weighted by molar-refractivity contribution is -0.0651. The van der Waals surface area contributed by atoms with E-state index in [1.54, 1.807) is 13.0 Å². The van der Waals surface area contributed by atoms with Gasteiger partial charge in [-0.1, -0.05) is 11.8 Å². The summed E-state index contributed by atoms with van der Waals surface area (Å²) in [7, 11) is 2.15. The monoisotopic (exact) mass is 270 g/mol. The second-order valence-corrected chi connectivity index (χ2v) is 6.23. The van der Waals surface area contributed by atoms with E-state index < -0.39 is 5.97 Å². The van der Waals surface area contributed by atoms with E-state index in [1.807, 2.05) is 6.07 Å². The minimum Gasteiger partial charge on any atom is -0.477 e. The molecule has 0 unspecified atom stereocenters. The van der Waals surface area contributed by atoms with Crippen molar-refractivity contribution < 1.29 is 9.90 Å². The van der Waals surface area contributed by atoms with Gasteiger partial charge in [-0.3, -0.25) is 0 Å². The van der Waals surface area contributed by atoms with E-state index in [9.17, 15) is 4.79 Å². The van der Waals surface area contributed by atoms with Crippen LogP contribution in [0.3, 0.4) is 0 Å². The van der Waals surface area contributed by atoms with Crippen molar-refractivity contribution in [2.24, 2.45) is 11.3 Å². The van der Waals surface area contributed by atoms with Gasteiger partial charge in [0.2, 0.25) is 0 Å². The van der Waals surface area contributed by atoms with Crippen LogP contribution in [-0.2, 0) is 0 Å². The summed E-state index contributed by atoms with van der Waals surface area (Å²) in [6, 6.07) is 3.39. The van der Waals surface area contributed by atoms with Gasteiger partial charge < -0.3 is 10.0 Å². The maximum atomic E-state index is 11.0. The van der Waals surface area contributed by atoms with Gasteiger partial charge in [0.25, 0.3) is 0 Å². The van der Waals surface area contributed by atoms with Crippen LogP contribution >= 0.6 is 0 Å². The summed E-state index contributed by atoms with van der Waals surface area (Å²) in [5.41, 5.74) is 2.05. The first kappa shape index (κ1) is 13.1. The molecule has 0 bridgehead atoms. The highest BCUT2D eigenvalue weighted by Crippen LogP contribution is 2.50. The predicted octanol–water partition coefficient (Wildman–Crippen LogP) is 1.78. The van der Waals surface area contributed by atoms with Gasteiger partial charge in [-0.05, 0) is 44.4 Å². The summed E-state index contributed by atoms with van der Waals surface area (Å²) in [6.45, 7) is 4.19. The highest BCUT2D eigenvalue weighted by Gasteiger charge is 2.50. The van der Waals surface area contributed by atoms with E-state index in [-0.39, 0.29) is 5.69 Å². The van der Waals surface area contributed by atoms with Crippen LogP contribution in [0.1, 0.15) is 34.6 Å². The van der Waals surface area contributed by atoms with Gasteiger partial charge in [0, 0.05) is 30.3 Å². The first-order valence-electron chi connectivity index (χ1n) is 6.88. The van der Waals surface area contributed by atoms with Crippen molar-refractivity contribution >= 4 is 5.97 Å². The Labute approximate surface area is 118 Å². The number of aromatic nitrogens is 1. The molecule has 1 N–H and O–H groups in total. The molecule has 2 fully saturated rings. The molecular weight excluding hydrogens is 252 g/mol. The zero-order valence-electron chi connectivity index (χ0n) is 11.8. The van der Waals surface area contributed by atoms with E-state index in [0.717, 1.165) is 5.56 Å². The summed E-state index contributed by atoms with van der Waals surface area (Å²) >= 11 is 0. The van der Waals surface area contributed by atoms with Crippen LogP contribution in [0, 0.1) is 30.1 Å². The lowest BCUT2D eigenvalue weighted by atomic mass is 9.58. The van der Waals surface area contributed by atoms with Crippen LogP contribution in [0.5, 0.6) is 0 Å². The second-order valence-electron chi connectivity index (χ2n) is 6.23. The van der Waals surface area contributed by atoms with Gasteiger partial charge in [0.15, 0.2) is 0 Å². The number of carboxylic acid groups (broad SMARTS) is 1. The normalized spacial score (nSPS) is 20.7. The minimum atomic E-state index is -1.00. The lowest BCUT2D eigenvalue weighted by Gasteiger charge is -2.57. The number of nitrogens with zero attached hydrogens (tertiary/aromatic N) is 2. The van der Waals surface area contributed by atoms with Gasteiger partial charge in [-0.25, -0.2) is 9.78 Å². The van der Waals surface area contributed by atoms with Crippen LogP contribution in [0.2, 0.25) is 0 Å². The summed E-state index contributed by atoms with van der Waals surface area (Å²) in [6.07, 6.45) is 2.36. The van der Waals surface area contributed by atoms with E-state index in [0.29, 0.717) is 17.0 Å². The number of pyridine rings is 1. The van der Waals surface area contributed by atoms with Gasteiger partial charge in [0.05, 0.1) is 0 Å². The van der Waals surface area contributed by atoms with Gasteiger partial charge in [-0.2, -0.15) is 0 Å². The minimum absolute atomic E-state index is 0.0694. The third-order valence-electron chi connectivity index (χ3n) is 4.16. The Morgan fingerprint density at radius 2 is 2.15 bits per heavy atom. The topological polar surface area (TPSA) is 53.4 Å². The molecule has 1 saturated heterocycles. The molecule has 4 heteroatoms. The molecule has 1 aliphatic carbocycles. The quantitative estimate of drug-likeness (QED) is 0.790. The Balaban J connectivity index is 1.67. The summed E-state index contributed by atoms with van der Waals surface area (Å²) in [5.74, 6) is 5.85. The zero-order valence-corrected chi connectivity index (χ0v) is 11.8. The molecule has 0 amide bonds. The van der Waals surface area contributed by atoms with E-state index >= 15 is 0 Å². The number of aromatic carboxylic acids is 1. The molecule has 0 aromatic carbocycles. The van der Waals surface area contributed by atoms with Crippen LogP contribution in [0.4, 0.5) is 0 Å². The Morgan fingerprint density at radius 3 is 2.75 bits per heavy atom. The molecule has 20 heavy (non-hydrogen) atoms. The van der Waals surface area contributed by atoms with Gasteiger partial charge in [0.1, 0.15) is 5.69 Å². The fourth-order valence-corrected chi connectivity index (χ4v) is 3.48. The summed E-state index contributed by atoms with van der Waals surface area (Å²) in [4.78, 5) is 17.3. The first-order valence-corrected chi connectivity index (χ1v) is 6.88. The van der Waals surface area contributed by atoms with Crippen LogP contribution < -0.4 is 0 Å². The highest BCUT2D eigenvalue weighted by molar-refractivity contribution is 5.85. The molecular formula is C16H18N2O2. The molecule has 2 aliphatic rings. The Kier molecular flexibility index (Phi) is 3.02. The van der Waals surface area contributed by atoms with Crippen molar-refractivity contribution in [1.29, 1.82) is 0 Å². The molecule has 3 rings (SSSR count). The largest absolute Gasteiger partial charge is 0.477 e. The highest BCUT2D eigenvalue weighted by atomic mass is 16.4. The molecule has 1 aromatic heterocycles. The number of aryl methyl sites for hydroxylation is 1. The fraction of sp³-hybridized carbons (Fsp3) is 0.500. The van der Waals surface area contributed by atoms with Crippen molar-refractivity contribution in [2.75, 3.05) is 20.1 Å². The lowest BCUT2D eigenvalue weighted by Crippen LogP contribution is -2.60. The molecule has 1 aromatic rings.